The lowest BCUT2D eigenvalue weighted by molar-refractivity contribution is 0.414. The molecule has 6 nitrogen and oxygen atoms in total. The van der Waals surface area contributed by atoms with Gasteiger partial charge in [0.2, 0.25) is 0 Å². The van der Waals surface area contributed by atoms with Gasteiger partial charge in [0.1, 0.15) is 5.75 Å². The third-order valence-electron chi connectivity index (χ3n) is 3.29. The van der Waals surface area contributed by atoms with Crippen molar-refractivity contribution in [1.29, 1.82) is 0 Å². The van der Waals surface area contributed by atoms with Crippen LogP contribution in [0.25, 0.3) is 5.69 Å². The number of hydrogen-bond donors (Lipinski definition) is 1. The van der Waals surface area contributed by atoms with Crippen molar-refractivity contribution in [3.63, 3.8) is 0 Å². The number of aromatic nitrogens is 4. The van der Waals surface area contributed by atoms with E-state index in [9.17, 15) is 0 Å². The Kier molecular flexibility index (Phi) is 3.16. The summed E-state index contributed by atoms with van der Waals surface area (Å²) in [6, 6.07) is 6.52. The Bertz CT molecular complexity index is 576. The van der Waals surface area contributed by atoms with E-state index in [2.05, 4.69) is 20.8 Å². The van der Waals surface area contributed by atoms with Crippen molar-refractivity contribution in [2.75, 3.05) is 7.11 Å². The van der Waals surface area contributed by atoms with Gasteiger partial charge in [0.05, 0.1) is 19.3 Å². The molecule has 1 fully saturated rings. The lowest BCUT2D eigenvalue weighted by Crippen LogP contribution is -2.19. The van der Waals surface area contributed by atoms with Gasteiger partial charge in [-0.1, -0.05) is 0 Å². The minimum absolute atomic E-state index is 0.641. The first-order chi connectivity index (χ1) is 9.28. The third-order valence-corrected chi connectivity index (χ3v) is 3.29. The molecule has 3 rings (SSSR count). The highest BCUT2D eigenvalue weighted by atomic mass is 16.5. The van der Waals surface area contributed by atoms with E-state index in [-0.39, 0.29) is 0 Å². The Morgan fingerprint density at radius 1 is 1.42 bits per heavy atom. The Morgan fingerprint density at radius 3 is 2.95 bits per heavy atom. The molecule has 6 heteroatoms. The second kappa shape index (κ2) is 4.97. The number of nitrogens with one attached hydrogen (secondary N) is 1. The van der Waals surface area contributed by atoms with E-state index in [4.69, 9.17) is 4.74 Å². The highest BCUT2D eigenvalue weighted by Gasteiger charge is 2.21. The SMILES string of the molecule is COc1ccc(-n2nnnc2CNC2CC2)c(C)c1. The maximum Gasteiger partial charge on any atom is 0.170 e. The number of ether oxygens (including phenoxy) is 1. The van der Waals surface area contributed by atoms with Gasteiger partial charge in [-0.15, -0.1) is 5.10 Å². The van der Waals surface area contributed by atoms with Gasteiger partial charge in [-0.3, -0.25) is 0 Å². The molecule has 1 saturated carbocycles. The van der Waals surface area contributed by atoms with Crippen LogP contribution in [0.3, 0.4) is 0 Å². The Hall–Kier alpha value is -1.95. The third kappa shape index (κ3) is 2.58. The lowest BCUT2D eigenvalue weighted by Gasteiger charge is -2.09. The van der Waals surface area contributed by atoms with Gasteiger partial charge in [-0.2, -0.15) is 4.68 Å². The second-order valence-corrected chi connectivity index (χ2v) is 4.81. The summed E-state index contributed by atoms with van der Waals surface area (Å²) >= 11 is 0. The van der Waals surface area contributed by atoms with Crippen LogP contribution in [0.2, 0.25) is 0 Å². The highest BCUT2D eigenvalue weighted by Crippen LogP contribution is 2.21. The van der Waals surface area contributed by atoms with Gasteiger partial charge in [0.15, 0.2) is 5.82 Å². The van der Waals surface area contributed by atoms with Crippen molar-refractivity contribution < 1.29 is 4.74 Å². The number of nitrogens with zero attached hydrogens (tertiary/aromatic N) is 4. The van der Waals surface area contributed by atoms with Gasteiger partial charge in [-0.25, -0.2) is 0 Å². The fraction of sp³-hybridized carbons (Fsp3) is 0.462. The summed E-state index contributed by atoms with van der Waals surface area (Å²) in [7, 11) is 1.66. The first-order valence-corrected chi connectivity index (χ1v) is 6.43. The van der Waals surface area contributed by atoms with Gasteiger partial charge in [-0.05, 0) is 54.0 Å². The smallest absolute Gasteiger partial charge is 0.170 e. The molecule has 19 heavy (non-hydrogen) atoms. The number of aryl methyl sites for hydroxylation is 1. The van der Waals surface area contributed by atoms with Crippen molar-refractivity contribution >= 4 is 0 Å². The number of hydrogen-bond acceptors (Lipinski definition) is 5. The quantitative estimate of drug-likeness (QED) is 0.875. The predicted octanol–water partition coefficient (Wildman–Crippen LogP) is 1.23. The highest BCUT2D eigenvalue weighted by molar-refractivity contribution is 5.44. The summed E-state index contributed by atoms with van der Waals surface area (Å²) < 4.78 is 6.99. The molecule has 0 aliphatic heterocycles. The summed E-state index contributed by atoms with van der Waals surface area (Å²) in [6.45, 7) is 2.72. The zero-order valence-electron chi connectivity index (χ0n) is 11.1. The first kappa shape index (κ1) is 12.1. The molecular formula is C13H17N5O. The molecule has 0 atom stereocenters. The molecule has 1 aliphatic carbocycles. The van der Waals surface area contributed by atoms with E-state index in [0.29, 0.717) is 12.6 Å². The van der Waals surface area contributed by atoms with E-state index in [1.807, 2.05) is 25.1 Å². The Balaban J connectivity index is 1.86. The van der Waals surface area contributed by atoms with Gasteiger partial charge in [0.25, 0.3) is 0 Å². The summed E-state index contributed by atoms with van der Waals surface area (Å²) in [5.74, 6) is 1.67. The van der Waals surface area contributed by atoms with Crippen LogP contribution in [-0.2, 0) is 6.54 Å². The van der Waals surface area contributed by atoms with E-state index in [1.54, 1.807) is 11.8 Å². The lowest BCUT2D eigenvalue weighted by atomic mass is 10.2. The molecular weight excluding hydrogens is 242 g/mol. The van der Waals surface area contributed by atoms with Crippen molar-refractivity contribution in [3.8, 4) is 11.4 Å². The molecule has 1 aromatic heterocycles. The van der Waals surface area contributed by atoms with Crippen LogP contribution < -0.4 is 10.1 Å². The zero-order chi connectivity index (χ0) is 13.2. The topological polar surface area (TPSA) is 64.9 Å². The maximum atomic E-state index is 5.21. The van der Waals surface area contributed by atoms with Crippen LogP contribution in [0, 0.1) is 6.92 Å². The second-order valence-electron chi connectivity index (χ2n) is 4.81. The number of tetrazole rings is 1. The van der Waals surface area contributed by atoms with Crippen molar-refractivity contribution in [1.82, 2.24) is 25.5 Å². The van der Waals surface area contributed by atoms with E-state index >= 15 is 0 Å². The Labute approximate surface area is 111 Å². The molecule has 0 spiro atoms. The standard InChI is InChI=1S/C13H17N5O/c1-9-7-11(19-2)5-6-12(9)18-13(15-16-17-18)8-14-10-3-4-10/h5-7,10,14H,3-4,8H2,1-2H3. The molecule has 1 heterocycles. The summed E-state index contributed by atoms with van der Waals surface area (Å²) in [5, 5.41) is 15.4. The number of rotatable bonds is 5. The summed E-state index contributed by atoms with van der Waals surface area (Å²) in [6.07, 6.45) is 2.51. The van der Waals surface area contributed by atoms with Crippen LogP contribution in [0.1, 0.15) is 24.2 Å². The number of benzene rings is 1. The van der Waals surface area contributed by atoms with Crippen molar-refractivity contribution in [3.05, 3.63) is 29.6 Å². The molecule has 0 amide bonds. The summed E-state index contributed by atoms with van der Waals surface area (Å²) in [5.41, 5.74) is 2.07. The average Bonchev–Trinajstić information content (AvgIpc) is 3.14. The van der Waals surface area contributed by atoms with E-state index < -0.39 is 0 Å². The first-order valence-electron chi connectivity index (χ1n) is 6.43. The molecule has 1 N–H and O–H groups in total. The predicted molar refractivity (Wildman–Crippen MR) is 70.3 cm³/mol. The van der Waals surface area contributed by atoms with Crippen LogP contribution in [0.4, 0.5) is 0 Å². The minimum Gasteiger partial charge on any atom is -0.497 e. The molecule has 0 bridgehead atoms. The zero-order valence-corrected chi connectivity index (χ0v) is 11.1. The molecule has 0 radical (unpaired) electrons. The molecule has 1 aromatic carbocycles. The van der Waals surface area contributed by atoms with E-state index in [1.165, 1.54) is 12.8 Å². The Morgan fingerprint density at radius 2 is 2.26 bits per heavy atom. The van der Waals surface area contributed by atoms with Crippen LogP contribution in [0.5, 0.6) is 5.75 Å². The van der Waals surface area contributed by atoms with Gasteiger partial charge >= 0.3 is 0 Å². The molecule has 0 unspecified atom stereocenters. The van der Waals surface area contributed by atoms with Crippen LogP contribution in [-0.4, -0.2) is 33.4 Å². The van der Waals surface area contributed by atoms with Crippen molar-refractivity contribution in [2.45, 2.75) is 32.4 Å². The molecule has 1 aliphatic rings. The number of methoxy groups -OCH3 is 1. The molecule has 0 saturated heterocycles. The largest absolute Gasteiger partial charge is 0.497 e. The fourth-order valence-corrected chi connectivity index (χ4v) is 2.02. The molecule has 100 valence electrons. The average molecular weight is 259 g/mol. The van der Waals surface area contributed by atoms with Crippen LogP contribution in [0.15, 0.2) is 18.2 Å². The monoisotopic (exact) mass is 259 g/mol. The maximum absolute atomic E-state index is 5.21. The van der Waals surface area contributed by atoms with Crippen molar-refractivity contribution in [2.24, 2.45) is 0 Å². The molecule has 2 aromatic rings. The fourth-order valence-electron chi connectivity index (χ4n) is 2.02. The normalized spacial score (nSPS) is 14.6. The minimum atomic E-state index is 0.641. The van der Waals surface area contributed by atoms with Gasteiger partial charge in [0, 0.05) is 6.04 Å². The van der Waals surface area contributed by atoms with E-state index in [0.717, 1.165) is 22.8 Å². The van der Waals surface area contributed by atoms with Gasteiger partial charge < -0.3 is 10.1 Å². The van der Waals surface area contributed by atoms with Crippen LogP contribution >= 0.6 is 0 Å². The summed E-state index contributed by atoms with van der Waals surface area (Å²) in [4.78, 5) is 0.